The van der Waals surface area contributed by atoms with Crippen molar-refractivity contribution >= 4 is 17.3 Å². The van der Waals surface area contributed by atoms with Gasteiger partial charge in [0.2, 0.25) is 0 Å². The minimum absolute atomic E-state index is 0.316. The van der Waals surface area contributed by atoms with Crippen LogP contribution in [0.4, 0.5) is 4.39 Å². The molecular formula is C16H17FO2S. The van der Waals surface area contributed by atoms with Gasteiger partial charge in [-0.2, -0.15) is 0 Å². The summed E-state index contributed by atoms with van der Waals surface area (Å²) in [5.74, 6) is -0.690. The molecular weight excluding hydrogens is 275 g/mol. The average molecular weight is 292 g/mol. The summed E-state index contributed by atoms with van der Waals surface area (Å²) in [5.41, 5.74) is 1.40. The van der Waals surface area contributed by atoms with Crippen LogP contribution in [0.25, 0.3) is 11.1 Å². The number of carbonyl (C=O) groups is 1. The molecule has 20 heavy (non-hydrogen) atoms. The Balaban J connectivity index is 2.45. The number of hydrogen-bond donors (Lipinski definition) is 0. The summed E-state index contributed by atoms with van der Waals surface area (Å²) >= 11 is 1.46. The van der Waals surface area contributed by atoms with Gasteiger partial charge < -0.3 is 4.74 Å². The predicted molar refractivity (Wildman–Crippen MR) is 79.6 cm³/mol. The van der Waals surface area contributed by atoms with E-state index in [0.29, 0.717) is 11.1 Å². The zero-order chi connectivity index (χ0) is 14.9. The van der Waals surface area contributed by atoms with Gasteiger partial charge in [0.25, 0.3) is 0 Å². The largest absolute Gasteiger partial charge is 0.456 e. The highest BCUT2D eigenvalue weighted by Crippen LogP contribution is 2.33. The molecule has 4 heteroatoms. The molecule has 0 N–H and O–H groups in total. The Morgan fingerprint density at radius 3 is 2.60 bits per heavy atom. The molecule has 0 unspecified atom stereocenters. The first-order valence-corrected chi connectivity index (χ1v) is 7.23. The molecule has 0 fully saturated rings. The average Bonchev–Trinajstić information content (AvgIpc) is 2.69. The molecule has 2 rings (SSSR count). The third-order valence-corrected chi connectivity index (χ3v) is 3.62. The van der Waals surface area contributed by atoms with Gasteiger partial charge in [-0.1, -0.05) is 12.1 Å². The second-order valence-electron chi connectivity index (χ2n) is 5.59. The fourth-order valence-electron chi connectivity index (χ4n) is 1.94. The summed E-state index contributed by atoms with van der Waals surface area (Å²) in [5, 5.41) is 1.77. The zero-order valence-corrected chi connectivity index (χ0v) is 12.8. The van der Waals surface area contributed by atoms with Crippen molar-refractivity contribution in [1.82, 2.24) is 0 Å². The number of halogens is 1. The zero-order valence-electron chi connectivity index (χ0n) is 12.0. The van der Waals surface area contributed by atoms with E-state index in [9.17, 15) is 9.18 Å². The van der Waals surface area contributed by atoms with Gasteiger partial charge in [0.15, 0.2) is 0 Å². The summed E-state index contributed by atoms with van der Waals surface area (Å²) < 4.78 is 18.8. The molecule has 0 spiro atoms. The Morgan fingerprint density at radius 2 is 2.00 bits per heavy atom. The molecule has 0 saturated heterocycles. The van der Waals surface area contributed by atoms with Gasteiger partial charge in [0.05, 0.1) is 5.56 Å². The van der Waals surface area contributed by atoms with Crippen LogP contribution in [0.5, 0.6) is 0 Å². The molecule has 0 aliphatic rings. The van der Waals surface area contributed by atoms with Gasteiger partial charge in [-0.25, -0.2) is 9.18 Å². The van der Waals surface area contributed by atoms with E-state index < -0.39 is 5.60 Å². The summed E-state index contributed by atoms with van der Waals surface area (Å²) in [4.78, 5) is 13.2. The highest BCUT2D eigenvalue weighted by Gasteiger charge is 2.23. The number of carbonyl (C=O) groups excluding carboxylic acids is 1. The molecule has 2 nitrogen and oxygen atoms in total. The Kier molecular flexibility index (Phi) is 3.95. The van der Waals surface area contributed by atoms with Crippen molar-refractivity contribution in [2.75, 3.05) is 0 Å². The molecule has 1 aromatic carbocycles. The van der Waals surface area contributed by atoms with Crippen LogP contribution in [0.2, 0.25) is 0 Å². The summed E-state index contributed by atoms with van der Waals surface area (Å²) in [6, 6.07) is 6.26. The van der Waals surface area contributed by atoms with Crippen molar-refractivity contribution in [2.45, 2.75) is 33.3 Å². The Hall–Kier alpha value is -1.68. The van der Waals surface area contributed by atoms with Gasteiger partial charge in [-0.05, 0) is 45.4 Å². The molecule has 1 heterocycles. The highest BCUT2D eigenvalue weighted by atomic mass is 32.1. The molecule has 0 bridgehead atoms. The van der Waals surface area contributed by atoms with Gasteiger partial charge in [0, 0.05) is 15.8 Å². The first kappa shape index (κ1) is 14.7. The third kappa shape index (κ3) is 3.25. The first-order valence-electron chi connectivity index (χ1n) is 6.35. The molecule has 0 radical (unpaired) electrons. The lowest BCUT2D eigenvalue weighted by Crippen LogP contribution is -2.23. The standard InChI is InChI=1S/C16H17FO2S/c1-10-14(11-6-5-7-12(17)8-11)13(9-20-10)15(18)19-16(2,3)4/h5-9H,1-4H3. The number of esters is 1. The number of ether oxygens (including phenoxy) is 1. The van der Waals surface area contributed by atoms with Crippen molar-refractivity contribution in [3.05, 3.63) is 45.9 Å². The van der Waals surface area contributed by atoms with Gasteiger partial charge in [-0.3, -0.25) is 0 Å². The maximum absolute atomic E-state index is 13.4. The SMILES string of the molecule is Cc1scc(C(=O)OC(C)(C)C)c1-c1cccc(F)c1. The van der Waals surface area contributed by atoms with E-state index in [0.717, 1.165) is 10.4 Å². The van der Waals surface area contributed by atoms with Crippen LogP contribution in [-0.4, -0.2) is 11.6 Å². The summed E-state index contributed by atoms with van der Waals surface area (Å²) in [7, 11) is 0. The molecule has 106 valence electrons. The van der Waals surface area contributed by atoms with Crippen LogP contribution in [0.1, 0.15) is 36.0 Å². The summed E-state index contributed by atoms with van der Waals surface area (Å²) in [6.07, 6.45) is 0. The van der Waals surface area contributed by atoms with Crippen LogP contribution in [0.15, 0.2) is 29.6 Å². The van der Waals surface area contributed by atoms with Crippen LogP contribution < -0.4 is 0 Å². The monoisotopic (exact) mass is 292 g/mol. The Labute approximate surface area is 122 Å². The van der Waals surface area contributed by atoms with Crippen molar-refractivity contribution in [1.29, 1.82) is 0 Å². The van der Waals surface area contributed by atoms with Crippen molar-refractivity contribution in [3.8, 4) is 11.1 Å². The molecule has 0 aliphatic carbocycles. The summed E-state index contributed by atoms with van der Waals surface area (Å²) in [6.45, 7) is 7.39. The fourth-order valence-corrected chi connectivity index (χ4v) is 2.80. The minimum Gasteiger partial charge on any atom is -0.456 e. The van der Waals surface area contributed by atoms with Gasteiger partial charge in [-0.15, -0.1) is 11.3 Å². The molecule has 1 aromatic heterocycles. The van der Waals surface area contributed by atoms with E-state index in [1.807, 2.05) is 27.7 Å². The van der Waals surface area contributed by atoms with E-state index in [4.69, 9.17) is 4.74 Å². The van der Waals surface area contributed by atoms with Crippen LogP contribution in [0, 0.1) is 12.7 Å². The highest BCUT2D eigenvalue weighted by molar-refractivity contribution is 7.10. The van der Waals surface area contributed by atoms with Gasteiger partial charge >= 0.3 is 5.97 Å². The predicted octanol–water partition coefficient (Wildman–Crippen LogP) is 4.82. The molecule has 0 saturated carbocycles. The lowest BCUT2D eigenvalue weighted by atomic mass is 10.0. The second kappa shape index (κ2) is 5.37. The topological polar surface area (TPSA) is 26.3 Å². The normalized spacial score (nSPS) is 11.4. The number of hydrogen-bond acceptors (Lipinski definition) is 3. The molecule has 2 aromatic rings. The molecule has 0 atom stereocenters. The Bertz CT molecular complexity index is 638. The van der Waals surface area contributed by atoms with Crippen molar-refractivity contribution in [2.24, 2.45) is 0 Å². The number of aryl methyl sites for hydroxylation is 1. The van der Waals surface area contributed by atoms with E-state index in [-0.39, 0.29) is 11.8 Å². The smallest absolute Gasteiger partial charge is 0.340 e. The van der Waals surface area contributed by atoms with E-state index in [1.165, 1.54) is 23.5 Å². The second-order valence-corrected chi connectivity index (χ2v) is 6.68. The molecule has 0 aliphatic heterocycles. The fraction of sp³-hybridized carbons (Fsp3) is 0.312. The Morgan fingerprint density at radius 1 is 1.30 bits per heavy atom. The maximum Gasteiger partial charge on any atom is 0.340 e. The quantitative estimate of drug-likeness (QED) is 0.742. The number of rotatable bonds is 2. The first-order chi connectivity index (χ1) is 9.28. The third-order valence-electron chi connectivity index (χ3n) is 2.71. The van der Waals surface area contributed by atoms with E-state index in [2.05, 4.69) is 0 Å². The number of benzene rings is 1. The van der Waals surface area contributed by atoms with Crippen LogP contribution >= 0.6 is 11.3 Å². The van der Waals surface area contributed by atoms with E-state index >= 15 is 0 Å². The van der Waals surface area contributed by atoms with Gasteiger partial charge in [0.1, 0.15) is 11.4 Å². The lowest BCUT2D eigenvalue weighted by Gasteiger charge is -2.19. The lowest BCUT2D eigenvalue weighted by molar-refractivity contribution is 0.00710. The van der Waals surface area contributed by atoms with Crippen molar-refractivity contribution in [3.63, 3.8) is 0 Å². The molecule has 0 amide bonds. The van der Waals surface area contributed by atoms with Crippen LogP contribution in [0.3, 0.4) is 0 Å². The van der Waals surface area contributed by atoms with Crippen molar-refractivity contribution < 1.29 is 13.9 Å². The van der Waals surface area contributed by atoms with Crippen LogP contribution in [-0.2, 0) is 4.74 Å². The minimum atomic E-state index is -0.549. The maximum atomic E-state index is 13.4. The number of thiophene rings is 1. The van der Waals surface area contributed by atoms with E-state index in [1.54, 1.807) is 17.5 Å².